The van der Waals surface area contributed by atoms with Crippen molar-refractivity contribution in [2.45, 2.75) is 34.9 Å². The summed E-state index contributed by atoms with van der Waals surface area (Å²) in [5, 5.41) is 13.0. The van der Waals surface area contributed by atoms with Gasteiger partial charge in [-0.2, -0.15) is 4.73 Å². The Hall–Kier alpha value is -0.410. The van der Waals surface area contributed by atoms with E-state index in [1.54, 1.807) is 24.0 Å². The number of nitrogens with zero attached hydrogens (tertiary/aromatic N) is 1. The molecule has 16 heavy (non-hydrogen) atoms. The van der Waals surface area contributed by atoms with Crippen molar-refractivity contribution in [3.05, 3.63) is 29.6 Å². The van der Waals surface area contributed by atoms with Crippen LogP contribution in [0.25, 0.3) is 0 Å². The zero-order valence-electron chi connectivity index (χ0n) is 8.88. The van der Waals surface area contributed by atoms with Gasteiger partial charge in [-0.15, -0.1) is 11.6 Å². The molecule has 0 aliphatic heterocycles. The number of thioether (sulfide) groups is 1. The fraction of sp³-hybridized carbons (Fsp3) is 0.583. The second kappa shape index (κ2) is 4.11. The van der Waals surface area contributed by atoms with Crippen LogP contribution in [0.2, 0.25) is 0 Å². The van der Waals surface area contributed by atoms with Gasteiger partial charge in [0.1, 0.15) is 0 Å². The SMILES string of the molecule is [O-][n+]1ccccc1S[C@H]1[C@H]2CC[C@@H](C2)[C@@H]1Cl. The van der Waals surface area contributed by atoms with Crippen LogP contribution in [0.4, 0.5) is 0 Å². The summed E-state index contributed by atoms with van der Waals surface area (Å²) in [4.78, 5) is 0. The van der Waals surface area contributed by atoms with Crippen molar-refractivity contribution >= 4 is 23.4 Å². The van der Waals surface area contributed by atoms with Gasteiger partial charge in [0.2, 0.25) is 0 Å². The van der Waals surface area contributed by atoms with Crippen LogP contribution in [-0.2, 0) is 0 Å². The molecule has 2 nitrogen and oxygen atoms in total. The molecule has 2 aliphatic carbocycles. The standard InChI is InChI=1S/C12H14ClNOS/c13-11-8-4-5-9(7-8)12(11)16-10-3-1-2-6-14(10)15/h1-3,6,8-9,11-12H,4-5,7H2/t8-,9-,11-,12-/m0/s1. The number of halogens is 1. The molecule has 4 heteroatoms. The van der Waals surface area contributed by atoms with Crippen molar-refractivity contribution in [2.75, 3.05) is 0 Å². The number of alkyl halides is 1. The van der Waals surface area contributed by atoms with Crippen molar-refractivity contribution in [3.63, 3.8) is 0 Å². The summed E-state index contributed by atoms with van der Waals surface area (Å²) in [5.41, 5.74) is 0. The van der Waals surface area contributed by atoms with Gasteiger partial charge in [0.25, 0.3) is 5.03 Å². The summed E-state index contributed by atoms with van der Waals surface area (Å²) < 4.78 is 0.945. The third-order valence-electron chi connectivity index (χ3n) is 3.79. The minimum Gasteiger partial charge on any atom is -0.618 e. The summed E-state index contributed by atoms with van der Waals surface area (Å²) in [5.74, 6) is 1.41. The van der Waals surface area contributed by atoms with Gasteiger partial charge in [0.15, 0.2) is 6.20 Å². The number of pyridine rings is 1. The Bertz CT molecular complexity index is 398. The number of rotatable bonds is 2. The van der Waals surface area contributed by atoms with Gasteiger partial charge in [-0.3, -0.25) is 0 Å². The second-order valence-corrected chi connectivity index (χ2v) is 6.43. The van der Waals surface area contributed by atoms with E-state index < -0.39 is 0 Å². The van der Waals surface area contributed by atoms with E-state index in [1.807, 2.05) is 12.1 Å². The van der Waals surface area contributed by atoms with E-state index in [4.69, 9.17) is 11.6 Å². The van der Waals surface area contributed by atoms with Gasteiger partial charge in [0.05, 0.1) is 0 Å². The molecule has 0 N–H and O–H groups in total. The van der Waals surface area contributed by atoms with E-state index in [1.165, 1.54) is 19.3 Å². The molecular weight excluding hydrogens is 242 g/mol. The highest BCUT2D eigenvalue weighted by atomic mass is 35.5. The van der Waals surface area contributed by atoms with Crippen molar-refractivity contribution in [3.8, 4) is 0 Å². The summed E-state index contributed by atoms with van der Waals surface area (Å²) in [6.07, 6.45) is 5.38. The Balaban J connectivity index is 1.78. The van der Waals surface area contributed by atoms with E-state index in [-0.39, 0.29) is 5.38 Å². The Labute approximate surface area is 105 Å². The normalized spacial score (nSPS) is 36.8. The molecule has 4 atom stereocenters. The van der Waals surface area contributed by atoms with Crippen LogP contribution in [0.5, 0.6) is 0 Å². The van der Waals surface area contributed by atoms with Gasteiger partial charge >= 0.3 is 0 Å². The van der Waals surface area contributed by atoms with Crippen LogP contribution in [0.1, 0.15) is 19.3 Å². The molecule has 1 heterocycles. The average Bonchev–Trinajstić information content (AvgIpc) is 2.85. The first-order valence-electron chi connectivity index (χ1n) is 5.74. The fourth-order valence-electron chi connectivity index (χ4n) is 2.97. The third kappa shape index (κ3) is 1.70. The fourth-order valence-corrected chi connectivity index (χ4v) is 4.95. The maximum atomic E-state index is 11.6. The molecule has 2 saturated carbocycles. The molecule has 1 aromatic heterocycles. The summed E-state index contributed by atoms with van der Waals surface area (Å²) in [6, 6.07) is 5.55. The zero-order chi connectivity index (χ0) is 11.1. The molecule has 3 rings (SSSR count). The minimum absolute atomic E-state index is 0.254. The average molecular weight is 256 g/mol. The molecule has 2 fully saturated rings. The number of aromatic nitrogens is 1. The van der Waals surface area contributed by atoms with E-state index >= 15 is 0 Å². The molecule has 2 aliphatic rings. The number of hydrogen-bond acceptors (Lipinski definition) is 2. The lowest BCUT2D eigenvalue weighted by molar-refractivity contribution is -0.645. The first-order chi connectivity index (χ1) is 7.75. The Kier molecular flexibility index (Phi) is 2.76. The van der Waals surface area contributed by atoms with E-state index in [2.05, 4.69) is 0 Å². The molecule has 0 saturated heterocycles. The molecule has 2 bridgehead atoms. The lowest BCUT2D eigenvalue weighted by Gasteiger charge is -2.24. The Morgan fingerprint density at radius 1 is 1.31 bits per heavy atom. The lowest BCUT2D eigenvalue weighted by Crippen LogP contribution is -2.32. The highest BCUT2D eigenvalue weighted by Gasteiger charge is 2.47. The van der Waals surface area contributed by atoms with Gasteiger partial charge < -0.3 is 5.21 Å². The number of fused-ring (bicyclic) bond motifs is 2. The largest absolute Gasteiger partial charge is 0.618 e. The maximum absolute atomic E-state index is 11.6. The van der Waals surface area contributed by atoms with Crippen LogP contribution in [0.3, 0.4) is 0 Å². The lowest BCUT2D eigenvalue weighted by atomic mass is 10.00. The molecule has 0 aromatic carbocycles. The molecule has 1 aromatic rings. The van der Waals surface area contributed by atoms with Crippen LogP contribution in [-0.4, -0.2) is 10.6 Å². The smallest absolute Gasteiger partial charge is 0.251 e. The monoisotopic (exact) mass is 255 g/mol. The van der Waals surface area contributed by atoms with E-state index in [0.29, 0.717) is 11.2 Å². The third-order valence-corrected chi connectivity index (χ3v) is 6.07. The van der Waals surface area contributed by atoms with Crippen molar-refractivity contribution < 1.29 is 4.73 Å². The number of hydrogen-bond donors (Lipinski definition) is 0. The summed E-state index contributed by atoms with van der Waals surface area (Å²) >= 11 is 8.11. The van der Waals surface area contributed by atoms with E-state index in [9.17, 15) is 5.21 Å². The predicted molar refractivity (Wildman–Crippen MR) is 65.5 cm³/mol. The topological polar surface area (TPSA) is 26.9 Å². The second-order valence-electron chi connectivity index (χ2n) is 4.72. The van der Waals surface area contributed by atoms with Gasteiger partial charge in [0, 0.05) is 22.8 Å². The molecule has 86 valence electrons. The molecular formula is C12H14ClNOS. The Morgan fingerprint density at radius 3 is 2.81 bits per heavy atom. The molecule has 0 amide bonds. The highest BCUT2D eigenvalue weighted by Crippen LogP contribution is 2.52. The summed E-state index contributed by atoms with van der Waals surface area (Å²) in [6.45, 7) is 0. The zero-order valence-corrected chi connectivity index (χ0v) is 10.5. The highest BCUT2D eigenvalue weighted by molar-refractivity contribution is 7.99. The van der Waals surface area contributed by atoms with E-state index in [0.717, 1.165) is 15.7 Å². The predicted octanol–water partition coefficient (Wildman–Crippen LogP) is 2.82. The van der Waals surface area contributed by atoms with Crippen molar-refractivity contribution in [1.29, 1.82) is 0 Å². The minimum atomic E-state index is 0.254. The van der Waals surface area contributed by atoms with Crippen LogP contribution >= 0.6 is 23.4 Å². The van der Waals surface area contributed by atoms with Gasteiger partial charge in [-0.25, -0.2) is 0 Å². The molecule has 0 unspecified atom stereocenters. The summed E-state index contributed by atoms with van der Waals surface area (Å²) in [7, 11) is 0. The van der Waals surface area contributed by atoms with Crippen LogP contribution in [0, 0.1) is 17.0 Å². The van der Waals surface area contributed by atoms with Gasteiger partial charge in [-0.1, -0.05) is 11.8 Å². The first-order valence-corrected chi connectivity index (χ1v) is 7.06. The van der Waals surface area contributed by atoms with Crippen LogP contribution < -0.4 is 4.73 Å². The van der Waals surface area contributed by atoms with Gasteiger partial charge in [-0.05, 0) is 37.2 Å². The quantitative estimate of drug-likeness (QED) is 0.462. The maximum Gasteiger partial charge on any atom is 0.251 e. The van der Waals surface area contributed by atoms with Crippen molar-refractivity contribution in [1.82, 2.24) is 0 Å². The first kappa shape index (κ1) is 10.7. The molecule has 0 radical (unpaired) electrons. The van der Waals surface area contributed by atoms with Crippen LogP contribution in [0.15, 0.2) is 29.4 Å². The Morgan fingerprint density at radius 2 is 2.12 bits per heavy atom. The molecule has 0 spiro atoms. The van der Waals surface area contributed by atoms with Crippen molar-refractivity contribution in [2.24, 2.45) is 11.8 Å².